The maximum atomic E-state index is 12.4. The quantitative estimate of drug-likeness (QED) is 0.316. The van der Waals surface area contributed by atoms with Gasteiger partial charge in [0.15, 0.2) is 6.61 Å². The highest BCUT2D eigenvalue weighted by atomic mass is 79.9. The number of nitrogens with zero attached hydrogens (tertiary/aromatic N) is 1. The Morgan fingerprint density at radius 2 is 1.77 bits per heavy atom. The molecule has 0 saturated carbocycles. The first-order valence-corrected chi connectivity index (χ1v) is 9.85. The molecule has 0 spiro atoms. The number of anilines is 1. The number of benzene rings is 2. The third-order valence-corrected chi connectivity index (χ3v) is 4.80. The summed E-state index contributed by atoms with van der Waals surface area (Å²) in [5, 5.41) is 12.0. The minimum atomic E-state index is -0.624. The number of nitriles is 1. The average molecular weight is 537 g/mol. The molecule has 3 N–H and O–H groups in total. The Labute approximate surface area is 188 Å². The molecular weight excluding hydrogens is 522 g/mol. The van der Waals surface area contributed by atoms with Gasteiger partial charge in [-0.15, -0.1) is 0 Å². The molecule has 2 aromatic rings. The van der Waals surface area contributed by atoms with Gasteiger partial charge in [0.2, 0.25) is 0 Å². The molecule has 0 radical (unpaired) electrons. The van der Waals surface area contributed by atoms with Gasteiger partial charge in [-0.2, -0.15) is 5.26 Å². The molecule has 2 aromatic carbocycles. The number of hydrogen-bond donors (Lipinski definition) is 2. The summed E-state index contributed by atoms with van der Waals surface area (Å²) in [6.07, 6.45) is 1.39. The number of rotatable bonds is 7. The number of ether oxygens (including phenoxy) is 2. The number of hydrogen-bond acceptors (Lipinski definition) is 6. The Hall–Kier alpha value is -3.16. The number of primary amides is 1. The van der Waals surface area contributed by atoms with E-state index in [1.165, 1.54) is 37.5 Å². The second-order valence-electron chi connectivity index (χ2n) is 5.76. The van der Waals surface area contributed by atoms with Crippen molar-refractivity contribution >= 4 is 61.4 Å². The van der Waals surface area contributed by atoms with Crippen molar-refractivity contribution in [2.75, 3.05) is 19.0 Å². The van der Waals surface area contributed by atoms with Gasteiger partial charge in [-0.05, 0) is 79.9 Å². The van der Waals surface area contributed by atoms with Crippen LogP contribution in [0, 0.1) is 11.3 Å². The van der Waals surface area contributed by atoms with Crippen molar-refractivity contribution in [3.63, 3.8) is 0 Å². The number of esters is 1. The van der Waals surface area contributed by atoms with Crippen LogP contribution in [0.15, 0.2) is 50.9 Å². The molecule has 0 aliphatic heterocycles. The van der Waals surface area contributed by atoms with E-state index in [1.807, 2.05) is 6.07 Å². The van der Waals surface area contributed by atoms with Crippen LogP contribution in [0.25, 0.3) is 6.08 Å². The van der Waals surface area contributed by atoms with Crippen LogP contribution >= 0.6 is 31.9 Å². The van der Waals surface area contributed by atoms with Crippen LogP contribution in [0.1, 0.15) is 15.9 Å². The largest absolute Gasteiger partial charge is 0.481 e. The molecule has 10 heteroatoms. The van der Waals surface area contributed by atoms with Crippen LogP contribution in [-0.4, -0.2) is 31.5 Å². The van der Waals surface area contributed by atoms with Crippen molar-refractivity contribution in [3.8, 4) is 11.8 Å². The minimum Gasteiger partial charge on any atom is -0.481 e. The zero-order valence-corrected chi connectivity index (χ0v) is 18.7. The van der Waals surface area contributed by atoms with Crippen molar-refractivity contribution in [2.45, 2.75) is 0 Å². The van der Waals surface area contributed by atoms with Gasteiger partial charge in [0.25, 0.3) is 11.8 Å². The van der Waals surface area contributed by atoms with Gasteiger partial charge < -0.3 is 20.5 Å². The predicted molar refractivity (Wildman–Crippen MR) is 117 cm³/mol. The van der Waals surface area contributed by atoms with Gasteiger partial charge in [-0.3, -0.25) is 9.59 Å². The normalized spacial score (nSPS) is 10.7. The first kappa shape index (κ1) is 23.1. The highest BCUT2D eigenvalue weighted by Crippen LogP contribution is 2.35. The molecule has 0 bridgehead atoms. The lowest BCUT2D eigenvalue weighted by atomic mass is 10.1. The number of nitrogens with two attached hydrogens (primary N) is 1. The third-order valence-electron chi connectivity index (χ3n) is 3.62. The maximum absolute atomic E-state index is 12.4. The fourth-order valence-corrected chi connectivity index (χ4v) is 3.72. The highest BCUT2D eigenvalue weighted by Gasteiger charge is 2.14. The van der Waals surface area contributed by atoms with Crippen LogP contribution in [0.3, 0.4) is 0 Å². The van der Waals surface area contributed by atoms with E-state index < -0.39 is 17.8 Å². The molecule has 0 atom stereocenters. The molecule has 0 heterocycles. The summed E-state index contributed by atoms with van der Waals surface area (Å²) in [6, 6.07) is 11.1. The first-order chi connectivity index (χ1) is 14.2. The Morgan fingerprint density at radius 1 is 1.17 bits per heavy atom. The minimum absolute atomic E-state index is 0.142. The topological polar surface area (TPSA) is 132 Å². The lowest BCUT2D eigenvalue weighted by Gasteiger charge is -2.10. The number of carbonyl (C=O) groups excluding carboxylic acids is 3. The summed E-state index contributed by atoms with van der Waals surface area (Å²) in [4.78, 5) is 34.8. The summed E-state index contributed by atoms with van der Waals surface area (Å²) in [7, 11) is 1.27. The zero-order chi connectivity index (χ0) is 22.3. The van der Waals surface area contributed by atoms with Gasteiger partial charge >= 0.3 is 5.97 Å². The number of amides is 2. The van der Waals surface area contributed by atoms with E-state index in [0.717, 1.165) is 0 Å². The summed E-state index contributed by atoms with van der Waals surface area (Å²) in [5.74, 6) is -1.38. The first-order valence-electron chi connectivity index (χ1n) is 8.26. The molecule has 0 unspecified atom stereocenters. The number of nitrogens with one attached hydrogen (secondary N) is 1. The molecule has 154 valence electrons. The SMILES string of the molecule is COC(=O)c1ccc(NC(=O)/C(C#N)=C/c2cc(Br)c(OCC(N)=O)c(Br)c2)cc1. The standard InChI is InChI=1S/C20H15Br2N3O5/c1-29-20(28)12-2-4-14(5-3-12)25-19(27)13(9-23)6-11-7-15(21)18(16(22)8-11)30-10-17(24)26/h2-8H,10H2,1H3,(H2,24,26)(H,25,27)/b13-6+. The Bertz CT molecular complexity index is 1040. The van der Waals surface area contributed by atoms with Crippen LogP contribution in [0.2, 0.25) is 0 Å². The Morgan fingerprint density at radius 3 is 2.27 bits per heavy atom. The van der Waals surface area contributed by atoms with Crippen LogP contribution in [-0.2, 0) is 14.3 Å². The Balaban J connectivity index is 2.20. The Kier molecular flexibility index (Phi) is 8.15. The predicted octanol–water partition coefficient (Wildman–Crippen LogP) is 3.41. The van der Waals surface area contributed by atoms with Crippen LogP contribution in [0.4, 0.5) is 5.69 Å². The highest BCUT2D eigenvalue weighted by molar-refractivity contribution is 9.11. The lowest BCUT2D eigenvalue weighted by molar-refractivity contribution is -0.120. The molecule has 30 heavy (non-hydrogen) atoms. The maximum Gasteiger partial charge on any atom is 0.337 e. The summed E-state index contributed by atoms with van der Waals surface area (Å²) in [6.45, 7) is -0.299. The van der Waals surface area contributed by atoms with Crippen molar-refractivity contribution in [1.82, 2.24) is 0 Å². The van der Waals surface area contributed by atoms with Gasteiger partial charge in [0.1, 0.15) is 17.4 Å². The monoisotopic (exact) mass is 535 g/mol. The molecule has 0 fully saturated rings. The van der Waals surface area contributed by atoms with Crippen molar-refractivity contribution < 1.29 is 23.9 Å². The molecule has 0 aliphatic carbocycles. The second kappa shape index (κ2) is 10.6. The fraction of sp³-hybridized carbons (Fsp3) is 0.100. The summed E-state index contributed by atoms with van der Waals surface area (Å²) in [5.41, 5.74) is 6.21. The molecule has 8 nitrogen and oxygen atoms in total. The van der Waals surface area contributed by atoms with E-state index in [2.05, 4.69) is 41.9 Å². The number of carbonyl (C=O) groups is 3. The van der Waals surface area contributed by atoms with Crippen molar-refractivity contribution in [1.29, 1.82) is 5.26 Å². The second-order valence-corrected chi connectivity index (χ2v) is 7.47. The number of halogens is 2. The van der Waals surface area contributed by atoms with E-state index in [-0.39, 0.29) is 12.2 Å². The number of methoxy groups -OCH3 is 1. The lowest BCUT2D eigenvalue weighted by Crippen LogP contribution is -2.20. The van der Waals surface area contributed by atoms with E-state index >= 15 is 0 Å². The zero-order valence-electron chi connectivity index (χ0n) is 15.6. The van der Waals surface area contributed by atoms with Gasteiger partial charge in [-0.1, -0.05) is 0 Å². The molecule has 2 amide bonds. The summed E-state index contributed by atoms with van der Waals surface area (Å²) >= 11 is 6.63. The van der Waals surface area contributed by atoms with Gasteiger partial charge in [0, 0.05) is 5.69 Å². The fourth-order valence-electron chi connectivity index (χ4n) is 2.27. The van der Waals surface area contributed by atoms with Crippen LogP contribution in [0.5, 0.6) is 5.75 Å². The molecule has 0 saturated heterocycles. The van der Waals surface area contributed by atoms with Gasteiger partial charge in [0.05, 0.1) is 21.6 Å². The van der Waals surface area contributed by atoms with E-state index in [9.17, 15) is 19.6 Å². The molecular formula is C20H15Br2N3O5. The molecule has 2 rings (SSSR count). The van der Waals surface area contributed by atoms with E-state index in [1.54, 1.807) is 12.1 Å². The third kappa shape index (κ3) is 6.17. The van der Waals surface area contributed by atoms with Crippen LogP contribution < -0.4 is 15.8 Å². The molecule has 0 aromatic heterocycles. The van der Waals surface area contributed by atoms with E-state index in [0.29, 0.717) is 31.5 Å². The summed E-state index contributed by atoms with van der Waals surface area (Å²) < 4.78 is 10.9. The smallest absolute Gasteiger partial charge is 0.337 e. The van der Waals surface area contributed by atoms with E-state index in [4.69, 9.17) is 10.5 Å². The van der Waals surface area contributed by atoms with Gasteiger partial charge in [-0.25, -0.2) is 4.79 Å². The average Bonchev–Trinajstić information content (AvgIpc) is 2.71. The van der Waals surface area contributed by atoms with Crippen molar-refractivity contribution in [2.24, 2.45) is 5.73 Å². The van der Waals surface area contributed by atoms with Crippen molar-refractivity contribution in [3.05, 3.63) is 62.0 Å². The molecule has 0 aliphatic rings.